The largest absolute Gasteiger partial charge is 0.451 e. The minimum absolute atomic E-state index is 0.0150. The molecule has 0 saturated carbocycles. The molecule has 0 radical (unpaired) electrons. The lowest BCUT2D eigenvalue weighted by Crippen LogP contribution is -2.70. The van der Waals surface area contributed by atoms with Gasteiger partial charge in [-0.2, -0.15) is 4.31 Å². The van der Waals surface area contributed by atoms with Gasteiger partial charge in [0.25, 0.3) is 5.91 Å². The SMILES string of the molecule is O=C(N1CCOCC1)N1C[C@H]2CC[C@@](C(=O)NO)(C1)N2S(=O)(=O)c1cc(F)c(Oc2ccc(Cl)cc2)c(F)c1. The zero-order valence-corrected chi connectivity index (χ0v) is 22.1. The van der Waals surface area contributed by atoms with Gasteiger partial charge in [0.15, 0.2) is 17.4 Å². The van der Waals surface area contributed by atoms with Crippen LogP contribution in [0.3, 0.4) is 0 Å². The Hall–Kier alpha value is -3.04. The minimum Gasteiger partial charge on any atom is -0.451 e. The summed E-state index contributed by atoms with van der Waals surface area (Å²) in [5.74, 6) is -4.35. The van der Waals surface area contributed by atoms with Crippen LogP contribution < -0.4 is 10.2 Å². The van der Waals surface area contributed by atoms with Gasteiger partial charge in [0.05, 0.1) is 24.7 Å². The standard InChI is InChI=1S/C24H25ClF2N4O7S/c25-15-1-3-17(4-2-15)38-21-19(26)11-18(12-20(21)27)39(35,36)31-16-5-6-24(31,22(32)28-34)14-30(13-16)23(33)29-7-9-37-10-8-29/h1-4,11-12,16,34H,5-10,13-14H2,(H,28,32)/t16-,24+/m1/s1. The van der Waals surface area contributed by atoms with Crippen LogP contribution >= 0.6 is 11.6 Å². The van der Waals surface area contributed by atoms with E-state index in [1.165, 1.54) is 34.6 Å². The predicted octanol–water partition coefficient (Wildman–Crippen LogP) is 2.58. The maximum absolute atomic E-state index is 15.0. The molecular formula is C24H25ClF2N4O7S. The molecule has 2 aromatic rings. The number of urea groups is 1. The Morgan fingerprint density at radius 3 is 2.36 bits per heavy atom. The molecule has 15 heteroatoms. The number of sulfonamides is 1. The molecule has 2 aromatic carbocycles. The van der Waals surface area contributed by atoms with Crippen molar-refractivity contribution in [2.45, 2.75) is 29.3 Å². The Balaban J connectivity index is 1.47. The monoisotopic (exact) mass is 586 g/mol. The summed E-state index contributed by atoms with van der Waals surface area (Å²) >= 11 is 5.81. The lowest BCUT2D eigenvalue weighted by Gasteiger charge is -2.47. The molecule has 2 bridgehead atoms. The lowest BCUT2D eigenvalue weighted by molar-refractivity contribution is -0.141. The third-order valence-electron chi connectivity index (χ3n) is 7.17. The van der Waals surface area contributed by atoms with Crippen molar-refractivity contribution >= 4 is 33.6 Å². The number of fused-ring (bicyclic) bond motifs is 2. The molecule has 3 aliphatic rings. The quantitative estimate of drug-likeness (QED) is 0.407. The van der Waals surface area contributed by atoms with Crippen molar-refractivity contribution in [3.05, 3.63) is 53.1 Å². The van der Waals surface area contributed by atoms with Gasteiger partial charge in [-0.15, -0.1) is 0 Å². The third kappa shape index (κ3) is 4.91. The molecule has 5 rings (SSSR count). The summed E-state index contributed by atoms with van der Waals surface area (Å²) in [6.45, 7) is 0.975. The molecule has 0 spiro atoms. The molecule has 2 N–H and O–H groups in total. The van der Waals surface area contributed by atoms with Gasteiger partial charge >= 0.3 is 6.03 Å². The van der Waals surface area contributed by atoms with Crippen LogP contribution in [0.15, 0.2) is 41.3 Å². The second kappa shape index (κ2) is 10.5. The molecule has 0 aromatic heterocycles. The van der Waals surface area contributed by atoms with Crippen LogP contribution in [-0.2, 0) is 19.6 Å². The van der Waals surface area contributed by atoms with Gasteiger partial charge in [0.2, 0.25) is 10.0 Å². The van der Waals surface area contributed by atoms with Crippen LogP contribution in [-0.4, -0.2) is 90.6 Å². The summed E-state index contributed by atoms with van der Waals surface area (Å²) in [5.41, 5.74) is -0.370. The average molecular weight is 587 g/mol. The predicted molar refractivity (Wildman–Crippen MR) is 132 cm³/mol. The van der Waals surface area contributed by atoms with Crippen LogP contribution in [0.25, 0.3) is 0 Å². The van der Waals surface area contributed by atoms with Crippen molar-refractivity contribution in [3.8, 4) is 11.5 Å². The van der Waals surface area contributed by atoms with Crippen molar-refractivity contribution in [2.75, 3.05) is 39.4 Å². The van der Waals surface area contributed by atoms with Gasteiger partial charge in [-0.25, -0.2) is 27.5 Å². The number of hydrogen-bond donors (Lipinski definition) is 2. The van der Waals surface area contributed by atoms with Gasteiger partial charge in [-0.05, 0) is 49.2 Å². The summed E-state index contributed by atoms with van der Waals surface area (Å²) in [6, 6.07) is 5.64. The molecule has 0 aliphatic carbocycles. The number of amides is 3. The van der Waals surface area contributed by atoms with Gasteiger partial charge in [-0.1, -0.05) is 11.6 Å². The topological polar surface area (TPSA) is 129 Å². The number of likely N-dealkylation sites (tertiary alicyclic amines) is 1. The van der Waals surface area contributed by atoms with Crippen LogP contribution in [0.2, 0.25) is 5.02 Å². The molecule has 0 unspecified atom stereocenters. The number of piperazine rings is 1. The molecule has 3 fully saturated rings. The lowest BCUT2D eigenvalue weighted by atomic mass is 9.96. The fourth-order valence-corrected chi connectivity index (χ4v) is 7.48. The van der Waals surface area contributed by atoms with Gasteiger partial charge in [0, 0.05) is 30.7 Å². The molecule has 3 heterocycles. The number of ether oxygens (including phenoxy) is 2. The van der Waals surface area contributed by atoms with Crippen molar-refractivity contribution in [2.24, 2.45) is 0 Å². The summed E-state index contributed by atoms with van der Waals surface area (Å²) in [6.07, 6.45) is 0.168. The van der Waals surface area contributed by atoms with Gasteiger partial charge in [0.1, 0.15) is 11.3 Å². The summed E-state index contributed by atoms with van der Waals surface area (Å²) in [7, 11) is -4.69. The zero-order valence-electron chi connectivity index (χ0n) is 20.5. The minimum atomic E-state index is -4.69. The van der Waals surface area contributed by atoms with E-state index in [0.717, 1.165) is 4.31 Å². The highest BCUT2D eigenvalue weighted by atomic mass is 35.5. The number of hydrogen-bond acceptors (Lipinski definition) is 7. The van der Waals surface area contributed by atoms with Crippen molar-refractivity contribution in [1.29, 1.82) is 0 Å². The Kier molecular flexibility index (Phi) is 7.41. The maximum atomic E-state index is 15.0. The number of halogens is 3. The van der Waals surface area contributed by atoms with E-state index in [0.29, 0.717) is 43.5 Å². The van der Waals surface area contributed by atoms with E-state index in [4.69, 9.17) is 21.1 Å². The van der Waals surface area contributed by atoms with Gasteiger partial charge < -0.3 is 19.3 Å². The number of hydroxylamine groups is 1. The van der Waals surface area contributed by atoms with E-state index in [1.54, 1.807) is 4.90 Å². The molecule has 3 saturated heterocycles. The van der Waals surface area contributed by atoms with Crippen molar-refractivity contribution < 1.29 is 41.5 Å². The zero-order chi connectivity index (χ0) is 27.9. The number of morpholine rings is 1. The first kappa shape index (κ1) is 27.5. The second-order valence-corrected chi connectivity index (χ2v) is 11.8. The Morgan fingerprint density at radius 1 is 1.10 bits per heavy atom. The first-order valence-corrected chi connectivity index (χ1v) is 13.9. The fourth-order valence-electron chi connectivity index (χ4n) is 5.36. The average Bonchev–Trinajstić information content (AvgIpc) is 3.19. The fraction of sp³-hybridized carbons (Fsp3) is 0.417. The molecule has 2 atom stereocenters. The second-order valence-electron chi connectivity index (χ2n) is 9.50. The summed E-state index contributed by atoms with van der Waals surface area (Å²) in [4.78, 5) is 28.3. The summed E-state index contributed by atoms with van der Waals surface area (Å²) in [5, 5.41) is 9.90. The van der Waals surface area contributed by atoms with E-state index < -0.39 is 55.8 Å². The van der Waals surface area contributed by atoms with E-state index in [1.807, 2.05) is 0 Å². The van der Waals surface area contributed by atoms with E-state index in [9.17, 15) is 23.2 Å². The molecule has 39 heavy (non-hydrogen) atoms. The van der Waals surface area contributed by atoms with Crippen molar-refractivity contribution in [1.82, 2.24) is 19.6 Å². The smallest absolute Gasteiger partial charge is 0.320 e. The Labute approximate surface area is 227 Å². The van der Waals surface area contributed by atoms with E-state index in [-0.39, 0.29) is 31.7 Å². The Morgan fingerprint density at radius 2 is 1.74 bits per heavy atom. The number of benzene rings is 2. The molecule has 3 aliphatic heterocycles. The van der Waals surface area contributed by atoms with Crippen LogP contribution in [0.4, 0.5) is 13.6 Å². The molecule has 11 nitrogen and oxygen atoms in total. The van der Waals surface area contributed by atoms with Gasteiger partial charge in [-0.3, -0.25) is 10.0 Å². The highest BCUT2D eigenvalue weighted by Gasteiger charge is 2.62. The third-order valence-corrected chi connectivity index (χ3v) is 9.42. The maximum Gasteiger partial charge on any atom is 0.320 e. The highest BCUT2D eigenvalue weighted by molar-refractivity contribution is 7.89. The first-order chi connectivity index (χ1) is 18.6. The highest BCUT2D eigenvalue weighted by Crippen LogP contribution is 2.44. The van der Waals surface area contributed by atoms with Crippen LogP contribution in [0.5, 0.6) is 11.5 Å². The molecule has 3 amide bonds. The first-order valence-electron chi connectivity index (χ1n) is 12.1. The van der Waals surface area contributed by atoms with Crippen LogP contribution in [0.1, 0.15) is 12.8 Å². The molecule has 210 valence electrons. The van der Waals surface area contributed by atoms with E-state index in [2.05, 4.69) is 0 Å². The number of carbonyl (C=O) groups excluding carboxylic acids is 2. The number of carbonyl (C=O) groups is 2. The normalized spacial score (nSPS) is 23.5. The van der Waals surface area contributed by atoms with Crippen molar-refractivity contribution in [3.63, 3.8) is 0 Å². The Bertz CT molecular complexity index is 1370. The number of nitrogens with zero attached hydrogens (tertiary/aromatic N) is 3. The van der Waals surface area contributed by atoms with E-state index >= 15 is 8.78 Å². The molecular weight excluding hydrogens is 562 g/mol. The number of nitrogens with one attached hydrogen (secondary N) is 1. The summed E-state index contributed by atoms with van der Waals surface area (Å²) < 4.78 is 69.0. The van der Waals surface area contributed by atoms with Crippen LogP contribution in [0, 0.1) is 11.6 Å². The number of rotatable bonds is 5.